The maximum atomic E-state index is 12.3. The molecule has 154 valence electrons. The van der Waals surface area contributed by atoms with Crippen LogP contribution in [0.25, 0.3) is 0 Å². The highest BCUT2D eigenvalue weighted by Crippen LogP contribution is 2.32. The van der Waals surface area contributed by atoms with E-state index >= 15 is 0 Å². The molecule has 0 radical (unpaired) electrons. The van der Waals surface area contributed by atoms with E-state index in [2.05, 4.69) is 4.72 Å². The van der Waals surface area contributed by atoms with Gasteiger partial charge in [-0.05, 0) is 55.3 Å². The van der Waals surface area contributed by atoms with Gasteiger partial charge < -0.3 is 14.2 Å². The van der Waals surface area contributed by atoms with E-state index in [4.69, 9.17) is 14.2 Å². The largest absolute Gasteiger partial charge is 0.457 e. The van der Waals surface area contributed by atoms with E-state index in [0.29, 0.717) is 17.1 Å². The second kappa shape index (κ2) is 8.62. The van der Waals surface area contributed by atoms with Crippen molar-refractivity contribution >= 4 is 21.8 Å². The predicted octanol–water partition coefficient (Wildman–Crippen LogP) is 2.13. The van der Waals surface area contributed by atoms with E-state index in [9.17, 15) is 18.0 Å². The Morgan fingerprint density at radius 3 is 2.55 bits per heavy atom. The van der Waals surface area contributed by atoms with Crippen LogP contribution in [-0.4, -0.2) is 40.1 Å². The van der Waals surface area contributed by atoms with Crippen molar-refractivity contribution in [2.24, 2.45) is 0 Å². The first-order chi connectivity index (χ1) is 13.8. The first-order valence-corrected chi connectivity index (χ1v) is 10.4. The van der Waals surface area contributed by atoms with Crippen LogP contribution in [0.2, 0.25) is 0 Å². The SMILES string of the molecule is Cc1ccc(S(=O)(=O)NCCC(=O)OCC(=O)c2ccc3c(c2)OCO3)cc1C. The van der Waals surface area contributed by atoms with Crippen molar-refractivity contribution < 1.29 is 32.2 Å². The number of hydrogen-bond donors (Lipinski definition) is 1. The molecule has 0 bridgehead atoms. The van der Waals surface area contributed by atoms with Crippen LogP contribution in [0.15, 0.2) is 41.3 Å². The third-order valence-corrected chi connectivity index (χ3v) is 5.93. The van der Waals surface area contributed by atoms with Crippen LogP contribution in [-0.2, 0) is 19.6 Å². The molecule has 0 unspecified atom stereocenters. The van der Waals surface area contributed by atoms with Gasteiger partial charge in [-0.3, -0.25) is 9.59 Å². The number of hydrogen-bond acceptors (Lipinski definition) is 7. The molecular weight excluding hydrogens is 398 g/mol. The van der Waals surface area contributed by atoms with Crippen molar-refractivity contribution in [2.75, 3.05) is 19.9 Å². The molecule has 0 saturated carbocycles. The molecule has 2 aromatic rings. The van der Waals surface area contributed by atoms with Gasteiger partial charge in [-0.15, -0.1) is 0 Å². The third-order valence-electron chi connectivity index (χ3n) is 4.47. The normalized spacial score (nSPS) is 12.6. The van der Waals surface area contributed by atoms with Crippen LogP contribution in [0.4, 0.5) is 0 Å². The summed E-state index contributed by atoms with van der Waals surface area (Å²) in [6.45, 7) is 3.23. The van der Waals surface area contributed by atoms with Crippen molar-refractivity contribution in [3.63, 3.8) is 0 Å². The topological polar surface area (TPSA) is 108 Å². The van der Waals surface area contributed by atoms with Crippen LogP contribution in [0.5, 0.6) is 11.5 Å². The molecule has 0 spiro atoms. The van der Waals surface area contributed by atoms with Crippen molar-refractivity contribution in [1.29, 1.82) is 0 Å². The molecule has 3 rings (SSSR count). The number of fused-ring (bicyclic) bond motifs is 1. The van der Waals surface area contributed by atoms with E-state index in [1.54, 1.807) is 24.3 Å². The Hall–Kier alpha value is -2.91. The predicted molar refractivity (Wildman–Crippen MR) is 104 cm³/mol. The number of ether oxygens (including phenoxy) is 3. The summed E-state index contributed by atoms with van der Waals surface area (Å²) in [7, 11) is -3.73. The number of nitrogens with one attached hydrogen (secondary N) is 1. The van der Waals surface area contributed by atoms with Gasteiger partial charge in [-0.2, -0.15) is 0 Å². The van der Waals surface area contributed by atoms with Gasteiger partial charge in [0.15, 0.2) is 23.9 Å². The van der Waals surface area contributed by atoms with Gasteiger partial charge in [-0.25, -0.2) is 13.1 Å². The molecule has 29 heavy (non-hydrogen) atoms. The monoisotopic (exact) mass is 419 g/mol. The van der Waals surface area contributed by atoms with Crippen LogP contribution in [0.1, 0.15) is 27.9 Å². The molecule has 0 saturated heterocycles. The number of aryl methyl sites for hydroxylation is 2. The Labute approximate surface area is 168 Å². The summed E-state index contributed by atoms with van der Waals surface area (Å²) >= 11 is 0. The Balaban J connectivity index is 1.46. The number of rotatable bonds is 8. The lowest BCUT2D eigenvalue weighted by atomic mass is 10.1. The van der Waals surface area contributed by atoms with Gasteiger partial charge in [0.25, 0.3) is 0 Å². The fourth-order valence-electron chi connectivity index (χ4n) is 2.62. The molecule has 0 atom stereocenters. The van der Waals surface area contributed by atoms with Crippen LogP contribution < -0.4 is 14.2 Å². The second-order valence-electron chi connectivity index (χ2n) is 6.55. The molecule has 0 aliphatic carbocycles. The minimum atomic E-state index is -3.73. The number of ketones is 1. The van der Waals surface area contributed by atoms with E-state index in [1.807, 2.05) is 13.8 Å². The molecular formula is C20H21NO7S. The average Bonchev–Trinajstić information content (AvgIpc) is 3.15. The standard InChI is InChI=1S/C20H21NO7S/c1-13-3-5-16(9-14(13)2)29(24,25)21-8-7-20(23)26-11-17(22)15-4-6-18-19(10-15)28-12-27-18/h3-6,9-10,21H,7-8,11-12H2,1-2H3. The van der Waals surface area contributed by atoms with E-state index < -0.39 is 28.4 Å². The number of Topliss-reactive ketones (excluding diaryl/α,β-unsaturated/α-hetero) is 1. The molecule has 1 N–H and O–H groups in total. The molecule has 8 nitrogen and oxygen atoms in total. The zero-order chi connectivity index (χ0) is 21.0. The first-order valence-electron chi connectivity index (χ1n) is 8.91. The Morgan fingerprint density at radius 2 is 1.79 bits per heavy atom. The highest BCUT2D eigenvalue weighted by Gasteiger charge is 2.18. The van der Waals surface area contributed by atoms with E-state index in [0.717, 1.165) is 11.1 Å². The second-order valence-corrected chi connectivity index (χ2v) is 8.31. The van der Waals surface area contributed by atoms with Crippen molar-refractivity contribution in [3.8, 4) is 11.5 Å². The number of carbonyl (C=O) groups excluding carboxylic acids is 2. The summed E-state index contributed by atoms with van der Waals surface area (Å²) in [5.74, 6) is -0.0632. The zero-order valence-corrected chi connectivity index (χ0v) is 16.9. The van der Waals surface area contributed by atoms with Gasteiger partial charge in [-0.1, -0.05) is 6.07 Å². The molecule has 2 aromatic carbocycles. The number of sulfonamides is 1. The van der Waals surface area contributed by atoms with Crippen LogP contribution in [0.3, 0.4) is 0 Å². The van der Waals surface area contributed by atoms with Gasteiger partial charge in [0.2, 0.25) is 16.8 Å². The maximum absolute atomic E-state index is 12.3. The summed E-state index contributed by atoms with van der Waals surface area (Å²) < 4.78 is 42.2. The quantitative estimate of drug-likeness (QED) is 0.516. The molecule has 1 heterocycles. The van der Waals surface area contributed by atoms with Crippen LogP contribution in [0, 0.1) is 13.8 Å². The van der Waals surface area contributed by atoms with Crippen molar-refractivity contribution in [2.45, 2.75) is 25.2 Å². The molecule has 0 amide bonds. The molecule has 9 heteroatoms. The summed E-state index contributed by atoms with van der Waals surface area (Å²) in [6, 6.07) is 9.49. The molecule has 1 aliphatic rings. The van der Waals surface area contributed by atoms with Gasteiger partial charge >= 0.3 is 5.97 Å². The fraction of sp³-hybridized carbons (Fsp3) is 0.300. The minimum Gasteiger partial charge on any atom is -0.457 e. The number of benzene rings is 2. The van der Waals surface area contributed by atoms with Crippen molar-refractivity contribution in [3.05, 3.63) is 53.1 Å². The summed E-state index contributed by atoms with van der Waals surface area (Å²) in [5.41, 5.74) is 2.17. The van der Waals surface area contributed by atoms with Crippen LogP contribution >= 0.6 is 0 Å². The third kappa shape index (κ3) is 5.12. The Kier molecular flexibility index (Phi) is 6.19. The lowest BCUT2D eigenvalue weighted by Gasteiger charge is -2.09. The highest BCUT2D eigenvalue weighted by molar-refractivity contribution is 7.89. The highest BCUT2D eigenvalue weighted by atomic mass is 32.2. The lowest BCUT2D eigenvalue weighted by Crippen LogP contribution is -2.27. The zero-order valence-electron chi connectivity index (χ0n) is 16.1. The van der Waals surface area contributed by atoms with E-state index in [-0.39, 0.29) is 24.7 Å². The molecule has 1 aliphatic heterocycles. The van der Waals surface area contributed by atoms with Gasteiger partial charge in [0.05, 0.1) is 11.3 Å². The van der Waals surface area contributed by atoms with Gasteiger partial charge in [0.1, 0.15) is 0 Å². The Morgan fingerprint density at radius 1 is 1.03 bits per heavy atom. The maximum Gasteiger partial charge on any atom is 0.307 e. The fourth-order valence-corrected chi connectivity index (χ4v) is 3.74. The minimum absolute atomic E-state index is 0.0972. The van der Waals surface area contributed by atoms with Gasteiger partial charge in [0, 0.05) is 12.1 Å². The first kappa shape index (κ1) is 20.8. The van der Waals surface area contributed by atoms with E-state index in [1.165, 1.54) is 12.1 Å². The average molecular weight is 419 g/mol. The summed E-state index contributed by atoms with van der Waals surface area (Å²) in [6.07, 6.45) is -0.196. The summed E-state index contributed by atoms with van der Waals surface area (Å²) in [4.78, 5) is 24.1. The van der Waals surface area contributed by atoms with Crippen molar-refractivity contribution in [1.82, 2.24) is 4.72 Å². The smallest absolute Gasteiger partial charge is 0.307 e. The number of esters is 1. The Bertz CT molecular complexity index is 1050. The number of carbonyl (C=O) groups is 2. The molecule has 0 aromatic heterocycles. The lowest BCUT2D eigenvalue weighted by molar-refractivity contribution is -0.142. The summed E-state index contributed by atoms with van der Waals surface area (Å²) in [5, 5.41) is 0. The molecule has 0 fully saturated rings.